The Labute approximate surface area is 161 Å². The molecular weight excluding hydrogens is 371 g/mol. The Balaban J connectivity index is 1.75. The molecule has 2 aromatic carbocycles. The summed E-state index contributed by atoms with van der Waals surface area (Å²) < 4.78 is 23.6. The van der Waals surface area contributed by atoms with Crippen LogP contribution in [0.25, 0.3) is 0 Å². The smallest absolute Gasteiger partial charge is 0.144 e. The summed E-state index contributed by atoms with van der Waals surface area (Å²) >= 11 is 6.13. The monoisotopic (exact) mass is 388 g/mol. The van der Waals surface area contributed by atoms with Crippen LogP contribution < -0.4 is 20.1 Å². The van der Waals surface area contributed by atoms with E-state index in [-0.39, 0.29) is 5.82 Å². The second-order valence-electron chi connectivity index (χ2n) is 5.58. The number of benzene rings is 2. The molecule has 0 unspecified atom stereocenters. The Kier molecular flexibility index (Phi) is 5.93. The minimum absolute atomic E-state index is 0.264. The van der Waals surface area contributed by atoms with E-state index in [2.05, 4.69) is 20.6 Å². The summed E-state index contributed by atoms with van der Waals surface area (Å²) in [6.45, 7) is 0.509. The molecule has 1 heterocycles. The summed E-state index contributed by atoms with van der Waals surface area (Å²) in [6.07, 6.45) is 1.44. The van der Waals surface area contributed by atoms with Gasteiger partial charge in [0.05, 0.1) is 24.9 Å². The maximum Gasteiger partial charge on any atom is 0.144 e. The SMILES string of the molecule is COc1cc(Nc2cc(NCc3ccc(F)cc3)ncn2)c(OC)cc1Cl. The van der Waals surface area contributed by atoms with Crippen molar-refractivity contribution in [1.82, 2.24) is 9.97 Å². The highest BCUT2D eigenvalue weighted by atomic mass is 35.5. The van der Waals surface area contributed by atoms with Gasteiger partial charge in [0.1, 0.15) is 35.3 Å². The van der Waals surface area contributed by atoms with Crippen LogP contribution in [0.5, 0.6) is 11.5 Å². The highest BCUT2D eigenvalue weighted by molar-refractivity contribution is 6.32. The Morgan fingerprint density at radius 2 is 1.67 bits per heavy atom. The van der Waals surface area contributed by atoms with Crippen molar-refractivity contribution < 1.29 is 13.9 Å². The summed E-state index contributed by atoms with van der Waals surface area (Å²) in [6, 6.07) is 11.4. The van der Waals surface area contributed by atoms with Crippen LogP contribution in [0, 0.1) is 5.82 Å². The maximum atomic E-state index is 13.0. The molecule has 6 nitrogen and oxygen atoms in total. The molecule has 0 spiro atoms. The quantitative estimate of drug-likeness (QED) is 0.614. The van der Waals surface area contributed by atoms with Gasteiger partial charge in [0.15, 0.2) is 0 Å². The fourth-order valence-electron chi connectivity index (χ4n) is 2.41. The van der Waals surface area contributed by atoms with E-state index in [4.69, 9.17) is 21.1 Å². The first-order chi connectivity index (χ1) is 13.1. The summed E-state index contributed by atoms with van der Waals surface area (Å²) in [7, 11) is 3.10. The summed E-state index contributed by atoms with van der Waals surface area (Å²) in [5.41, 5.74) is 1.59. The van der Waals surface area contributed by atoms with E-state index >= 15 is 0 Å². The standard InChI is InChI=1S/C19H18ClFN4O2/c1-26-16-8-15(17(27-2)7-14(16)20)25-19-9-18(23-11-24-19)22-10-12-3-5-13(21)6-4-12/h3-9,11H,10H2,1-2H3,(H2,22,23,24,25). The van der Waals surface area contributed by atoms with Crippen molar-refractivity contribution in [2.45, 2.75) is 6.54 Å². The van der Waals surface area contributed by atoms with Gasteiger partial charge in [0, 0.05) is 24.7 Å². The van der Waals surface area contributed by atoms with Gasteiger partial charge < -0.3 is 20.1 Å². The third-order valence-corrected chi connectivity index (χ3v) is 4.09. The molecule has 0 radical (unpaired) electrons. The second-order valence-corrected chi connectivity index (χ2v) is 5.99. The molecule has 0 aliphatic carbocycles. The summed E-state index contributed by atoms with van der Waals surface area (Å²) in [5.74, 6) is 1.99. The molecule has 0 atom stereocenters. The van der Waals surface area contributed by atoms with Crippen LogP contribution in [0.3, 0.4) is 0 Å². The fraction of sp³-hybridized carbons (Fsp3) is 0.158. The lowest BCUT2D eigenvalue weighted by molar-refractivity contribution is 0.405. The Hall–Kier alpha value is -3.06. The van der Waals surface area contributed by atoms with Gasteiger partial charge in [-0.3, -0.25) is 0 Å². The van der Waals surface area contributed by atoms with E-state index in [1.54, 1.807) is 44.6 Å². The highest BCUT2D eigenvalue weighted by Crippen LogP contribution is 2.37. The molecule has 0 aliphatic rings. The Morgan fingerprint density at radius 1 is 0.963 bits per heavy atom. The average Bonchev–Trinajstić information content (AvgIpc) is 2.69. The predicted octanol–water partition coefficient (Wildman–Crippen LogP) is 4.64. The molecule has 0 saturated carbocycles. The van der Waals surface area contributed by atoms with Gasteiger partial charge in [0.2, 0.25) is 0 Å². The molecule has 3 rings (SSSR count). The topological polar surface area (TPSA) is 68.3 Å². The van der Waals surface area contributed by atoms with E-state index in [0.29, 0.717) is 40.4 Å². The second kappa shape index (κ2) is 8.55. The third kappa shape index (κ3) is 4.77. The molecule has 2 N–H and O–H groups in total. The summed E-state index contributed by atoms with van der Waals surface area (Å²) in [5, 5.41) is 6.79. The zero-order chi connectivity index (χ0) is 19.2. The molecule has 0 aliphatic heterocycles. The summed E-state index contributed by atoms with van der Waals surface area (Å²) in [4.78, 5) is 8.40. The van der Waals surface area contributed by atoms with Crippen LogP contribution in [0.4, 0.5) is 21.7 Å². The number of hydrogen-bond donors (Lipinski definition) is 2. The van der Waals surface area contributed by atoms with Gasteiger partial charge in [-0.25, -0.2) is 14.4 Å². The normalized spacial score (nSPS) is 10.4. The molecule has 140 valence electrons. The van der Waals surface area contributed by atoms with Gasteiger partial charge in [0.25, 0.3) is 0 Å². The Bertz CT molecular complexity index is 922. The lowest BCUT2D eigenvalue weighted by Crippen LogP contribution is -2.03. The number of nitrogens with one attached hydrogen (secondary N) is 2. The van der Waals surface area contributed by atoms with Gasteiger partial charge in [-0.05, 0) is 17.7 Å². The fourth-order valence-corrected chi connectivity index (χ4v) is 2.64. The molecule has 27 heavy (non-hydrogen) atoms. The lowest BCUT2D eigenvalue weighted by Gasteiger charge is -2.14. The van der Waals surface area contributed by atoms with Crippen molar-refractivity contribution >= 4 is 28.9 Å². The lowest BCUT2D eigenvalue weighted by atomic mass is 10.2. The van der Waals surface area contributed by atoms with E-state index in [9.17, 15) is 4.39 Å². The predicted molar refractivity (Wildman–Crippen MR) is 104 cm³/mol. The van der Waals surface area contributed by atoms with Crippen LogP contribution in [-0.2, 0) is 6.54 Å². The van der Waals surface area contributed by atoms with Gasteiger partial charge >= 0.3 is 0 Å². The maximum absolute atomic E-state index is 13.0. The van der Waals surface area contributed by atoms with E-state index in [0.717, 1.165) is 5.56 Å². The molecule has 0 saturated heterocycles. The number of hydrogen-bond acceptors (Lipinski definition) is 6. The number of rotatable bonds is 7. The van der Waals surface area contributed by atoms with Crippen LogP contribution in [0.15, 0.2) is 48.8 Å². The zero-order valence-corrected chi connectivity index (χ0v) is 15.5. The molecule has 0 bridgehead atoms. The number of halogens is 2. The van der Waals surface area contributed by atoms with E-state index in [1.807, 2.05) is 0 Å². The number of anilines is 3. The van der Waals surface area contributed by atoms with Gasteiger partial charge in [-0.2, -0.15) is 0 Å². The van der Waals surface area contributed by atoms with E-state index in [1.165, 1.54) is 18.5 Å². The number of ether oxygens (including phenoxy) is 2. The van der Waals surface area contributed by atoms with Crippen LogP contribution in [0.2, 0.25) is 5.02 Å². The van der Waals surface area contributed by atoms with E-state index < -0.39 is 0 Å². The Morgan fingerprint density at radius 3 is 2.37 bits per heavy atom. The minimum Gasteiger partial charge on any atom is -0.495 e. The first-order valence-electron chi connectivity index (χ1n) is 8.08. The zero-order valence-electron chi connectivity index (χ0n) is 14.8. The van der Waals surface area contributed by atoms with Crippen molar-refractivity contribution in [1.29, 1.82) is 0 Å². The number of aromatic nitrogens is 2. The van der Waals surface area contributed by atoms with Gasteiger partial charge in [-0.15, -0.1) is 0 Å². The van der Waals surface area contributed by atoms with Crippen molar-refractivity contribution in [3.8, 4) is 11.5 Å². The largest absolute Gasteiger partial charge is 0.495 e. The van der Waals surface area contributed by atoms with Crippen molar-refractivity contribution in [3.05, 3.63) is 65.2 Å². The van der Waals surface area contributed by atoms with Crippen LogP contribution >= 0.6 is 11.6 Å². The molecule has 0 amide bonds. The average molecular weight is 389 g/mol. The highest BCUT2D eigenvalue weighted by Gasteiger charge is 2.11. The molecule has 0 fully saturated rings. The molecule has 3 aromatic rings. The van der Waals surface area contributed by atoms with Gasteiger partial charge in [-0.1, -0.05) is 23.7 Å². The third-order valence-electron chi connectivity index (χ3n) is 3.79. The van der Waals surface area contributed by atoms with Crippen molar-refractivity contribution in [2.24, 2.45) is 0 Å². The molecule has 8 heteroatoms. The first kappa shape index (κ1) is 18.7. The van der Waals surface area contributed by atoms with Crippen LogP contribution in [-0.4, -0.2) is 24.2 Å². The van der Waals surface area contributed by atoms with Crippen molar-refractivity contribution in [3.63, 3.8) is 0 Å². The van der Waals surface area contributed by atoms with Crippen molar-refractivity contribution in [2.75, 3.05) is 24.9 Å². The number of nitrogens with zero attached hydrogens (tertiary/aromatic N) is 2. The minimum atomic E-state index is -0.264. The number of methoxy groups -OCH3 is 2. The van der Waals surface area contributed by atoms with Crippen LogP contribution in [0.1, 0.15) is 5.56 Å². The molecular formula is C19H18ClFN4O2. The first-order valence-corrected chi connectivity index (χ1v) is 8.45. The molecule has 1 aromatic heterocycles.